The minimum absolute atomic E-state index is 0.450. The third kappa shape index (κ3) is 1.43. The Hall–Kier alpha value is -0.0700. The summed E-state index contributed by atoms with van der Waals surface area (Å²) in [7, 11) is 0. The Balaban J connectivity index is 1.99. The lowest BCUT2D eigenvalue weighted by molar-refractivity contribution is 0.0717. The van der Waals surface area contributed by atoms with E-state index in [1.807, 2.05) is 0 Å². The zero-order valence-corrected chi connectivity index (χ0v) is 7.06. The van der Waals surface area contributed by atoms with Crippen molar-refractivity contribution in [2.45, 2.75) is 51.1 Å². The molecule has 2 saturated carbocycles. The minimum atomic E-state index is -0.450. The second-order valence-corrected chi connectivity index (χ2v) is 4.16. The number of alkyl halides is 1. The largest absolute Gasteiger partial charge is 0.247 e. The molecule has 2 fully saturated rings. The molecule has 2 aliphatic rings. The van der Waals surface area contributed by atoms with Crippen LogP contribution in [-0.2, 0) is 0 Å². The van der Waals surface area contributed by atoms with E-state index in [1.54, 1.807) is 0 Å². The van der Waals surface area contributed by atoms with Crippen LogP contribution >= 0.6 is 0 Å². The normalized spacial score (nSPS) is 45.0. The van der Waals surface area contributed by atoms with Crippen molar-refractivity contribution in [2.24, 2.45) is 11.8 Å². The summed E-state index contributed by atoms with van der Waals surface area (Å²) in [5.41, 5.74) is 0. The number of halogens is 1. The van der Waals surface area contributed by atoms with E-state index in [-0.39, 0.29) is 0 Å². The van der Waals surface area contributed by atoms with Crippen molar-refractivity contribution in [3.63, 3.8) is 0 Å². The van der Waals surface area contributed by atoms with Crippen LogP contribution in [0.4, 0.5) is 4.39 Å². The van der Waals surface area contributed by atoms with Gasteiger partial charge in [-0.1, -0.05) is 25.7 Å². The molecule has 0 aromatic heterocycles. The average Bonchev–Trinajstić information content (AvgIpc) is 2.06. The second kappa shape index (κ2) is 3.12. The van der Waals surface area contributed by atoms with E-state index >= 15 is 0 Å². The van der Waals surface area contributed by atoms with Crippen LogP contribution in [0.3, 0.4) is 0 Å². The Kier molecular flexibility index (Phi) is 2.15. The van der Waals surface area contributed by atoms with E-state index in [0.29, 0.717) is 5.92 Å². The van der Waals surface area contributed by atoms with Crippen LogP contribution in [0.15, 0.2) is 0 Å². The first kappa shape index (κ1) is 7.57. The predicted molar refractivity (Wildman–Crippen MR) is 44.2 cm³/mol. The molecule has 2 rings (SSSR count). The number of rotatable bonds is 0. The molecule has 0 aromatic carbocycles. The van der Waals surface area contributed by atoms with Crippen molar-refractivity contribution in [1.82, 2.24) is 0 Å². The van der Waals surface area contributed by atoms with Gasteiger partial charge in [-0.05, 0) is 31.1 Å². The van der Waals surface area contributed by atoms with Crippen molar-refractivity contribution in [3.8, 4) is 0 Å². The molecule has 0 nitrogen and oxygen atoms in total. The number of hydrogen-bond donors (Lipinski definition) is 0. The zero-order chi connectivity index (χ0) is 7.68. The summed E-state index contributed by atoms with van der Waals surface area (Å²) in [4.78, 5) is 0. The molecular weight excluding hydrogens is 139 g/mol. The third-order valence-corrected chi connectivity index (χ3v) is 3.49. The summed E-state index contributed by atoms with van der Waals surface area (Å²) in [5.74, 6) is 1.21. The molecule has 0 N–H and O–H groups in total. The second-order valence-electron chi connectivity index (χ2n) is 4.16. The summed E-state index contributed by atoms with van der Waals surface area (Å²) >= 11 is 0. The predicted octanol–water partition coefficient (Wildman–Crippen LogP) is 3.31. The standard InChI is InChI=1S/C10H17F/c11-10-7-3-5-8-4-1-2-6-9(8)10/h8-10H,1-7H2/t8-,9?,10-/m0/s1. The van der Waals surface area contributed by atoms with Crippen LogP contribution in [0.1, 0.15) is 44.9 Å². The molecular formula is C10H17F. The molecule has 1 heteroatoms. The topological polar surface area (TPSA) is 0 Å². The van der Waals surface area contributed by atoms with Gasteiger partial charge in [-0.15, -0.1) is 0 Å². The summed E-state index contributed by atoms with van der Waals surface area (Å²) in [5, 5.41) is 0. The molecule has 0 spiro atoms. The maximum atomic E-state index is 13.3. The lowest BCUT2D eigenvalue weighted by atomic mass is 9.70. The minimum Gasteiger partial charge on any atom is -0.247 e. The molecule has 0 heterocycles. The highest BCUT2D eigenvalue weighted by atomic mass is 19.1. The van der Waals surface area contributed by atoms with E-state index in [0.717, 1.165) is 18.8 Å². The van der Waals surface area contributed by atoms with Gasteiger partial charge in [0.2, 0.25) is 0 Å². The maximum absolute atomic E-state index is 13.3. The van der Waals surface area contributed by atoms with Gasteiger partial charge in [0.05, 0.1) is 0 Å². The van der Waals surface area contributed by atoms with Crippen molar-refractivity contribution < 1.29 is 4.39 Å². The molecule has 0 aromatic rings. The number of fused-ring (bicyclic) bond motifs is 1. The van der Waals surface area contributed by atoms with Gasteiger partial charge in [-0.25, -0.2) is 4.39 Å². The Bertz CT molecular complexity index is 131. The lowest BCUT2D eigenvalue weighted by Crippen LogP contribution is -2.31. The smallest absolute Gasteiger partial charge is 0.103 e. The first-order valence-electron chi connectivity index (χ1n) is 5.02. The van der Waals surface area contributed by atoms with Gasteiger partial charge in [-0.2, -0.15) is 0 Å². The summed E-state index contributed by atoms with van der Waals surface area (Å²) in [6, 6.07) is 0. The fraction of sp³-hybridized carbons (Fsp3) is 1.00. The van der Waals surface area contributed by atoms with E-state index < -0.39 is 6.17 Å². The number of hydrogen-bond acceptors (Lipinski definition) is 0. The maximum Gasteiger partial charge on any atom is 0.103 e. The molecule has 64 valence electrons. The highest BCUT2D eigenvalue weighted by Gasteiger charge is 2.34. The molecule has 0 aliphatic heterocycles. The van der Waals surface area contributed by atoms with E-state index in [4.69, 9.17) is 0 Å². The van der Waals surface area contributed by atoms with Gasteiger partial charge in [0.15, 0.2) is 0 Å². The van der Waals surface area contributed by atoms with Gasteiger partial charge in [0, 0.05) is 0 Å². The molecule has 0 amide bonds. The van der Waals surface area contributed by atoms with Crippen LogP contribution in [0, 0.1) is 11.8 Å². The fourth-order valence-electron chi connectivity index (χ4n) is 2.86. The highest BCUT2D eigenvalue weighted by molar-refractivity contribution is 4.84. The SMILES string of the molecule is F[C@H]1CCC[C@@H]2CCCCC21. The van der Waals surface area contributed by atoms with E-state index in [2.05, 4.69) is 0 Å². The Morgan fingerprint density at radius 2 is 1.55 bits per heavy atom. The average molecular weight is 156 g/mol. The molecule has 1 unspecified atom stereocenters. The Morgan fingerprint density at radius 1 is 0.818 bits per heavy atom. The van der Waals surface area contributed by atoms with Crippen molar-refractivity contribution in [3.05, 3.63) is 0 Å². The van der Waals surface area contributed by atoms with Crippen molar-refractivity contribution in [1.29, 1.82) is 0 Å². The van der Waals surface area contributed by atoms with E-state index in [1.165, 1.54) is 32.1 Å². The Morgan fingerprint density at radius 3 is 2.36 bits per heavy atom. The van der Waals surface area contributed by atoms with Gasteiger partial charge in [-0.3, -0.25) is 0 Å². The molecule has 2 aliphatic carbocycles. The van der Waals surface area contributed by atoms with Crippen LogP contribution in [0.5, 0.6) is 0 Å². The van der Waals surface area contributed by atoms with Gasteiger partial charge < -0.3 is 0 Å². The zero-order valence-electron chi connectivity index (χ0n) is 7.06. The highest BCUT2D eigenvalue weighted by Crippen LogP contribution is 2.41. The summed E-state index contributed by atoms with van der Waals surface area (Å²) < 4.78 is 13.3. The molecule has 0 radical (unpaired) electrons. The van der Waals surface area contributed by atoms with Crippen LogP contribution in [-0.4, -0.2) is 6.17 Å². The molecule has 3 atom stereocenters. The van der Waals surface area contributed by atoms with Crippen molar-refractivity contribution in [2.75, 3.05) is 0 Å². The van der Waals surface area contributed by atoms with Crippen LogP contribution < -0.4 is 0 Å². The van der Waals surface area contributed by atoms with Crippen molar-refractivity contribution >= 4 is 0 Å². The quantitative estimate of drug-likeness (QED) is 0.504. The fourth-order valence-corrected chi connectivity index (χ4v) is 2.86. The van der Waals surface area contributed by atoms with E-state index in [9.17, 15) is 4.39 Å². The first-order valence-corrected chi connectivity index (χ1v) is 5.02. The monoisotopic (exact) mass is 156 g/mol. The molecule has 0 saturated heterocycles. The summed E-state index contributed by atoms with van der Waals surface area (Å²) in [6.07, 6.45) is 7.97. The van der Waals surface area contributed by atoms with Gasteiger partial charge in [0.25, 0.3) is 0 Å². The van der Waals surface area contributed by atoms with Gasteiger partial charge >= 0.3 is 0 Å². The van der Waals surface area contributed by atoms with Crippen LogP contribution in [0.25, 0.3) is 0 Å². The summed E-state index contributed by atoms with van der Waals surface area (Å²) in [6.45, 7) is 0. The first-order chi connectivity index (χ1) is 5.38. The van der Waals surface area contributed by atoms with Gasteiger partial charge in [0.1, 0.15) is 6.17 Å². The lowest BCUT2D eigenvalue weighted by Gasteiger charge is -2.37. The van der Waals surface area contributed by atoms with Crippen LogP contribution in [0.2, 0.25) is 0 Å². The third-order valence-electron chi connectivity index (χ3n) is 3.49. The molecule has 11 heavy (non-hydrogen) atoms. The molecule has 0 bridgehead atoms. The Labute approximate surface area is 68.2 Å².